The topological polar surface area (TPSA) is 29.5 Å². The van der Waals surface area contributed by atoms with Gasteiger partial charge in [0, 0.05) is 13.1 Å². The van der Waals surface area contributed by atoms with E-state index in [2.05, 4.69) is 12.8 Å². The summed E-state index contributed by atoms with van der Waals surface area (Å²) in [6, 6.07) is 10.1. The van der Waals surface area contributed by atoms with Gasteiger partial charge in [0.2, 0.25) is 5.91 Å². The maximum atomic E-state index is 12.9. The van der Waals surface area contributed by atoms with E-state index in [9.17, 15) is 4.79 Å². The summed E-state index contributed by atoms with van der Waals surface area (Å²) < 4.78 is 5.45. The molecule has 2 atom stereocenters. The van der Waals surface area contributed by atoms with E-state index in [-0.39, 0.29) is 11.8 Å². The van der Waals surface area contributed by atoms with Gasteiger partial charge in [-0.15, -0.1) is 6.42 Å². The van der Waals surface area contributed by atoms with Gasteiger partial charge in [0.25, 0.3) is 0 Å². The van der Waals surface area contributed by atoms with Crippen molar-refractivity contribution < 1.29 is 9.53 Å². The van der Waals surface area contributed by atoms with E-state index in [1.54, 1.807) is 0 Å². The highest BCUT2D eigenvalue weighted by molar-refractivity contribution is 5.83. The molecule has 0 aromatic heterocycles. The fourth-order valence-corrected chi connectivity index (χ4v) is 3.14. The highest BCUT2D eigenvalue weighted by atomic mass is 16.5. The van der Waals surface area contributed by atoms with Crippen molar-refractivity contribution in [2.24, 2.45) is 5.92 Å². The highest BCUT2D eigenvalue weighted by Crippen LogP contribution is 2.25. The first-order valence-corrected chi connectivity index (χ1v) is 8.11. The molecule has 1 heterocycles. The van der Waals surface area contributed by atoms with Crippen molar-refractivity contribution >= 4 is 5.91 Å². The Labute approximate surface area is 133 Å². The Hall–Kier alpha value is -1.79. The fraction of sp³-hybridized carbons (Fsp3) is 0.526. The molecule has 1 aliphatic heterocycles. The van der Waals surface area contributed by atoms with Crippen LogP contribution < -0.4 is 0 Å². The molecule has 0 radical (unpaired) electrons. The lowest BCUT2D eigenvalue weighted by atomic mass is 9.92. The first-order valence-electron chi connectivity index (χ1n) is 8.11. The zero-order chi connectivity index (χ0) is 15.8. The van der Waals surface area contributed by atoms with E-state index < -0.39 is 0 Å². The fourth-order valence-electron chi connectivity index (χ4n) is 3.14. The summed E-state index contributed by atoms with van der Waals surface area (Å²) in [6.07, 6.45) is 8.18. The van der Waals surface area contributed by atoms with Gasteiger partial charge in [-0.25, -0.2) is 0 Å². The van der Waals surface area contributed by atoms with Gasteiger partial charge < -0.3 is 9.64 Å². The van der Waals surface area contributed by atoms with Crippen molar-refractivity contribution in [2.45, 2.75) is 32.1 Å². The van der Waals surface area contributed by atoms with Gasteiger partial charge in [-0.2, -0.15) is 0 Å². The van der Waals surface area contributed by atoms with E-state index in [0.717, 1.165) is 37.9 Å². The second-order valence-corrected chi connectivity index (χ2v) is 5.88. The first kappa shape index (κ1) is 16.6. The second kappa shape index (κ2) is 8.60. The summed E-state index contributed by atoms with van der Waals surface area (Å²) >= 11 is 0. The number of rotatable bonds is 6. The van der Waals surface area contributed by atoms with Crippen LogP contribution in [0.1, 0.15) is 37.7 Å². The number of amides is 1. The number of piperidine rings is 1. The van der Waals surface area contributed by atoms with E-state index >= 15 is 0 Å². The third-order valence-electron chi connectivity index (χ3n) is 4.28. The molecule has 2 rings (SSSR count). The van der Waals surface area contributed by atoms with Crippen molar-refractivity contribution in [1.82, 2.24) is 4.90 Å². The van der Waals surface area contributed by atoms with E-state index in [4.69, 9.17) is 11.2 Å². The Bertz CT molecular complexity index is 506. The molecule has 1 amide bonds. The van der Waals surface area contributed by atoms with Crippen LogP contribution in [-0.4, -0.2) is 37.1 Å². The minimum absolute atomic E-state index is 0.0356. The second-order valence-electron chi connectivity index (χ2n) is 5.88. The third-order valence-corrected chi connectivity index (χ3v) is 4.28. The summed E-state index contributed by atoms with van der Waals surface area (Å²) in [6.45, 7) is 4.72. The molecule has 22 heavy (non-hydrogen) atoms. The Morgan fingerprint density at radius 3 is 2.91 bits per heavy atom. The minimum atomic E-state index is -0.0356. The maximum Gasteiger partial charge on any atom is 0.230 e. The standard InChI is InChI=1S/C19H25NO2/c1-3-13-22-15-16-9-8-12-20(14-16)19(21)18(4-2)17-10-6-5-7-11-17/h1,5-7,10-11,16,18H,4,8-9,12-15H2,2H3/t16-,18+/m0/s1. The molecular weight excluding hydrogens is 274 g/mol. The van der Waals surface area contributed by atoms with Gasteiger partial charge in [0.15, 0.2) is 0 Å². The molecule has 0 spiro atoms. The smallest absolute Gasteiger partial charge is 0.230 e. The van der Waals surface area contributed by atoms with Gasteiger partial charge in [-0.1, -0.05) is 43.2 Å². The Morgan fingerprint density at radius 1 is 1.45 bits per heavy atom. The monoisotopic (exact) mass is 299 g/mol. The number of carbonyl (C=O) groups excluding carboxylic acids is 1. The van der Waals surface area contributed by atoms with Crippen LogP contribution in [0.5, 0.6) is 0 Å². The molecule has 3 heteroatoms. The van der Waals surface area contributed by atoms with E-state index in [1.807, 2.05) is 35.2 Å². The number of hydrogen-bond donors (Lipinski definition) is 0. The molecule has 1 saturated heterocycles. The molecule has 0 bridgehead atoms. The summed E-state index contributed by atoms with van der Waals surface area (Å²) in [4.78, 5) is 14.9. The van der Waals surface area contributed by atoms with Crippen LogP contribution >= 0.6 is 0 Å². The molecule has 1 aromatic rings. The van der Waals surface area contributed by atoms with Crippen LogP contribution in [0.15, 0.2) is 30.3 Å². The maximum absolute atomic E-state index is 12.9. The number of likely N-dealkylation sites (tertiary alicyclic amines) is 1. The Morgan fingerprint density at radius 2 is 2.23 bits per heavy atom. The minimum Gasteiger partial charge on any atom is -0.368 e. The molecule has 1 aromatic carbocycles. The van der Waals surface area contributed by atoms with Gasteiger partial charge >= 0.3 is 0 Å². The van der Waals surface area contributed by atoms with Crippen LogP contribution in [-0.2, 0) is 9.53 Å². The average molecular weight is 299 g/mol. The van der Waals surface area contributed by atoms with Crippen LogP contribution in [0.25, 0.3) is 0 Å². The lowest BCUT2D eigenvalue weighted by Gasteiger charge is -2.34. The number of ether oxygens (including phenoxy) is 1. The largest absolute Gasteiger partial charge is 0.368 e. The average Bonchev–Trinajstić information content (AvgIpc) is 2.57. The summed E-state index contributed by atoms with van der Waals surface area (Å²) in [5.74, 6) is 3.10. The van der Waals surface area contributed by atoms with Crippen molar-refractivity contribution in [3.05, 3.63) is 35.9 Å². The quantitative estimate of drug-likeness (QED) is 0.597. The summed E-state index contributed by atoms with van der Waals surface area (Å²) in [5, 5.41) is 0. The molecule has 1 fully saturated rings. The van der Waals surface area contributed by atoms with Crippen LogP contribution in [0, 0.1) is 18.3 Å². The molecule has 0 unspecified atom stereocenters. The summed E-state index contributed by atoms with van der Waals surface area (Å²) in [5.41, 5.74) is 1.11. The SMILES string of the molecule is C#CCOC[C@H]1CCCN(C(=O)[C@H](CC)c2ccccc2)C1. The van der Waals surface area contributed by atoms with Crippen molar-refractivity contribution in [3.8, 4) is 12.3 Å². The van der Waals surface area contributed by atoms with Gasteiger partial charge in [0.05, 0.1) is 12.5 Å². The predicted octanol–water partition coefficient (Wildman–Crippen LogP) is 3.07. The molecule has 118 valence electrons. The third kappa shape index (κ3) is 4.35. The number of carbonyl (C=O) groups is 1. The zero-order valence-corrected chi connectivity index (χ0v) is 13.3. The zero-order valence-electron chi connectivity index (χ0n) is 13.3. The van der Waals surface area contributed by atoms with E-state index in [1.165, 1.54) is 0 Å². The van der Waals surface area contributed by atoms with Gasteiger partial charge in [-0.05, 0) is 30.7 Å². The van der Waals surface area contributed by atoms with Gasteiger partial charge in [-0.3, -0.25) is 4.79 Å². The lowest BCUT2D eigenvalue weighted by Crippen LogP contribution is -2.43. The number of hydrogen-bond acceptors (Lipinski definition) is 2. The number of terminal acetylenes is 1. The molecule has 0 aliphatic carbocycles. The van der Waals surface area contributed by atoms with Crippen molar-refractivity contribution in [1.29, 1.82) is 0 Å². The molecule has 1 aliphatic rings. The van der Waals surface area contributed by atoms with Crippen LogP contribution in [0.2, 0.25) is 0 Å². The molecule has 0 saturated carbocycles. The first-order chi connectivity index (χ1) is 10.8. The highest BCUT2D eigenvalue weighted by Gasteiger charge is 2.28. The molecule has 3 nitrogen and oxygen atoms in total. The molecular formula is C19H25NO2. The normalized spacial score (nSPS) is 19.5. The van der Waals surface area contributed by atoms with Crippen LogP contribution in [0.4, 0.5) is 0 Å². The predicted molar refractivity (Wildman–Crippen MR) is 88.4 cm³/mol. The lowest BCUT2D eigenvalue weighted by molar-refractivity contribution is -0.135. The number of nitrogens with zero attached hydrogens (tertiary/aromatic N) is 1. The van der Waals surface area contributed by atoms with Gasteiger partial charge in [0.1, 0.15) is 6.61 Å². The Balaban J connectivity index is 1.97. The van der Waals surface area contributed by atoms with E-state index in [0.29, 0.717) is 19.1 Å². The molecule has 0 N–H and O–H groups in total. The van der Waals surface area contributed by atoms with Crippen LogP contribution in [0.3, 0.4) is 0 Å². The Kier molecular flexibility index (Phi) is 6.48. The summed E-state index contributed by atoms with van der Waals surface area (Å²) in [7, 11) is 0. The van der Waals surface area contributed by atoms with Crippen molar-refractivity contribution in [3.63, 3.8) is 0 Å². The number of benzene rings is 1. The van der Waals surface area contributed by atoms with Crippen molar-refractivity contribution in [2.75, 3.05) is 26.3 Å².